The number of aliphatic hydroxyl groups is 2. The van der Waals surface area contributed by atoms with E-state index in [1.807, 2.05) is 0 Å². The minimum absolute atomic E-state index is 0.273. The fourth-order valence-corrected chi connectivity index (χ4v) is 8.29. The van der Waals surface area contributed by atoms with Crippen LogP contribution in [0.5, 0.6) is 5.75 Å². The first-order valence-corrected chi connectivity index (χ1v) is 16.6. The van der Waals surface area contributed by atoms with Gasteiger partial charge in [0.05, 0.1) is 4.88 Å². The van der Waals surface area contributed by atoms with E-state index >= 15 is 0 Å². The second-order valence-electron chi connectivity index (χ2n) is 10.6. The van der Waals surface area contributed by atoms with Gasteiger partial charge in [-0.1, -0.05) is 32.9 Å². The Morgan fingerprint density at radius 3 is 1.55 bits per heavy atom. The maximum Gasteiger partial charge on any atom is 0.124 e. The van der Waals surface area contributed by atoms with Gasteiger partial charge in [-0.2, -0.15) is 0 Å². The molecule has 1 aromatic heterocycles. The average molecular weight is 581 g/mol. The number of aliphatic hydroxyl groups excluding tert-OH is 2. The Hall–Kier alpha value is -0.950. The molecule has 3 N–H and O–H groups in total. The molecule has 0 atom stereocenters. The van der Waals surface area contributed by atoms with Crippen molar-refractivity contribution >= 4 is 32.9 Å². The molecule has 1 aromatic carbocycles. The lowest BCUT2D eigenvalue weighted by atomic mass is 10.00. The van der Waals surface area contributed by atoms with E-state index in [9.17, 15) is 5.11 Å². The Kier molecular flexibility index (Phi) is 12.0. The summed E-state index contributed by atoms with van der Waals surface area (Å²) in [6, 6.07) is 4.37. The zero-order valence-electron chi connectivity index (χ0n) is 22.7. The molecule has 212 valence electrons. The van der Waals surface area contributed by atoms with Gasteiger partial charge in [0.15, 0.2) is 0 Å². The average Bonchev–Trinajstić information content (AvgIpc) is 3.26. The molecule has 0 aliphatic carbocycles. The van der Waals surface area contributed by atoms with Crippen LogP contribution in [0.25, 0.3) is 10.4 Å². The topological polar surface area (TPSA) is 73.7 Å². The number of benzene rings is 1. The molecule has 2 aliphatic heterocycles. The van der Waals surface area contributed by atoms with Crippen LogP contribution in [0.2, 0.25) is 0 Å². The summed E-state index contributed by atoms with van der Waals surface area (Å²) in [6.45, 7) is 14.4. The summed E-state index contributed by atoms with van der Waals surface area (Å²) >= 11 is 5.55. The van der Waals surface area contributed by atoms with Crippen molar-refractivity contribution in [1.29, 1.82) is 0 Å². The normalized spacial score (nSPS) is 18.4. The van der Waals surface area contributed by atoms with Gasteiger partial charge < -0.3 is 25.1 Å². The molecule has 0 radical (unpaired) electrons. The number of hydrogen-bond acceptors (Lipinski definition) is 10. The lowest BCUT2D eigenvalue weighted by Gasteiger charge is -2.36. The quantitative estimate of drug-likeness (QED) is 0.187. The van der Waals surface area contributed by atoms with Crippen LogP contribution < -0.4 is 0 Å². The molecular formula is C28H44N4O3S3. The summed E-state index contributed by atoms with van der Waals surface area (Å²) < 4.78 is 0.954. The molecule has 0 unspecified atom stereocenters. The molecule has 2 fully saturated rings. The van der Waals surface area contributed by atoms with E-state index in [-0.39, 0.29) is 13.2 Å². The van der Waals surface area contributed by atoms with Crippen molar-refractivity contribution in [2.45, 2.75) is 45.7 Å². The summed E-state index contributed by atoms with van der Waals surface area (Å²) in [5.41, 5.74) is 4.37. The molecule has 0 saturated carbocycles. The molecule has 0 bridgehead atoms. The number of phenols is 1. The third-order valence-corrected chi connectivity index (χ3v) is 11.2. The van der Waals surface area contributed by atoms with Crippen molar-refractivity contribution in [2.24, 2.45) is 0 Å². The first kappa shape index (κ1) is 30.0. The van der Waals surface area contributed by atoms with Crippen molar-refractivity contribution in [3.63, 3.8) is 0 Å². The van der Waals surface area contributed by atoms with Crippen molar-refractivity contribution in [2.75, 3.05) is 78.7 Å². The first-order chi connectivity index (χ1) is 18.5. The highest BCUT2D eigenvalue weighted by atomic mass is 32.9. The highest BCUT2D eigenvalue weighted by Crippen LogP contribution is 2.38. The van der Waals surface area contributed by atoms with Gasteiger partial charge in [0.1, 0.15) is 9.57 Å². The molecule has 4 rings (SSSR count). The fourth-order valence-electron chi connectivity index (χ4n) is 5.41. The number of phenolic OH excluding ortho intramolecular Hbond substituents is 1. The molecule has 2 aliphatic rings. The minimum Gasteiger partial charge on any atom is -0.507 e. The number of aromatic hydroxyl groups is 1. The van der Waals surface area contributed by atoms with Crippen LogP contribution in [-0.2, 0) is 13.1 Å². The van der Waals surface area contributed by atoms with Crippen LogP contribution >= 0.6 is 32.9 Å². The molecule has 3 heterocycles. The highest BCUT2D eigenvalue weighted by molar-refractivity contribution is 7.80. The van der Waals surface area contributed by atoms with E-state index in [0.29, 0.717) is 5.75 Å². The summed E-state index contributed by atoms with van der Waals surface area (Å²) in [5, 5.41) is 29.6. The zero-order valence-corrected chi connectivity index (χ0v) is 25.2. The first-order valence-electron chi connectivity index (χ1n) is 14.0. The SMILES string of the molecule is Cc1c(-c2cc(CN3CCN(CCCCO)CC3)c(O)c(CN3CCN(CCCCO)CC3)c2)ssc1=S. The Balaban J connectivity index is 1.45. The van der Waals surface area contributed by atoms with Crippen LogP contribution in [0.4, 0.5) is 0 Å². The number of nitrogens with zero attached hydrogens (tertiary/aromatic N) is 4. The molecule has 2 aromatic rings. The maximum absolute atomic E-state index is 11.5. The molecule has 2 saturated heterocycles. The Labute approximate surface area is 240 Å². The maximum atomic E-state index is 11.5. The van der Waals surface area contributed by atoms with Crippen molar-refractivity contribution in [1.82, 2.24) is 19.6 Å². The van der Waals surface area contributed by atoms with Gasteiger partial charge >= 0.3 is 0 Å². The summed E-state index contributed by atoms with van der Waals surface area (Å²) in [7, 11) is 3.40. The Morgan fingerprint density at radius 2 is 1.16 bits per heavy atom. The van der Waals surface area contributed by atoms with E-state index in [0.717, 1.165) is 119 Å². The summed E-state index contributed by atoms with van der Waals surface area (Å²) in [4.78, 5) is 11.1. The van der Waals surface area contributed by atoms with Crippen molar-refractivity contribution in [3.05, 3.63) is 32.6 Å². The van der Waals surface area contributed by atoms with Gasteiger partial charge in [-0.15, -0.1) is 0 Å². The van der Waals surface area contributed by atoms with E-state index < -0.39 is 0 Å². The highest BCUT2D eigenvalue weighted by Gasteiger charge is 2.23. The van der Waals surface area contributed by atoms with Gasteiger partial charge in [-0.3, -0.25) is 9.80 Å². The number of rotatable bonds is 13. The van der Waals surface area contributed by atoms with Crippen LogP contribution in [0.1, 0.15) is 42.4 Å². The number of unbranched alkanes of at least 4 members (excludes halogenated alkanes) is 2. The van der Waals surface area contributed by atoms with Gasteiger partial charge in [0.25, 0.3) is 0 Å². The second-order valence-corrected chi connectivity index (χ2v) is 13.5. The van der Waals surface area contributed by atoms with Gasteiger partial charge in [0, 0.05) is 89.8 Å². The lowest BCUT2D eigenvalue weighted by Crippen LogP contribution is -2.46. The monoisotopic (exact) mass is 580 g/mol. The van der Waals surface area contributed by atoms with Gasteiger partial charge in [-0.05, 0) is 69.0 Å². The zero-order chi connectivity index (χ0) is 26.9. The lowest BCUT2D eigenvalue weighted by molar-refractivity contribution is 0.121. The third kappa shape index (κ3) is 8.28. The molecule has 0 spiro atoms. The molecule has 38 heavy (non-hydrogen) atoms. The predicted octanol–water partition coefficient (Wildman–Crippen LogP) is 4.00. The van der Waals surface area contributed by atoms with Crippen molar-refractivity contribution in [3.8, 4) is 16.2 Å². The Bertz CT molecular complexity index is 1010. The van der Waals surface area contributed by atoms with Crippen LogP contribution in [-0.4, -0.2) is 114 Å². The van der Waals surface area contributed by atoms with Crippen LogP contribution in [0.3, 0.4) is 0 Å². The van der Waals surface area contributed by atoms with E-state index in [2.05, 4.69) is 38.7 Å². The third-order valence-electron chi connectivity index (χ3n) is 7.86. The standard InChI is InChI=1S/C28H44N4O3S3/c1-22-27(37-38-28(22)36)23-18-24(20-31-12-8-29(9-13-31)6-2-4-16-33)26(35)25(19-23)21-32-14-10-30(11-15-32)7-3-5-17-34/h18-19,33-35H,2-17,20-21H2,1H3. The smallest absolute Gasteiger partial charge is 0.124 e. The molecule has 0 amide bonds. The number of hydrogen-bond donors (Lipinski definition) is 3. The Morgan fingerprint density at radius 1 is 0.711 bits per heavy atom. The molecule has 10 heteroatoms. The summed E-state index contributed by atoms with van der Waals surface area (Å²) in [5.74, 6) is 0.445. The fraction of sp³-hybridized carbons (Fsp3) is 0.679. The minimum atomic E-state index is 0.273. The van der Waals surface area contributed by atoms with Crippen LogP contribution in [0.15, 0.2) is 12.1 Å². The summed E-state index contributed by atoms with van der Waals surface area (Å²) in [6.07, 6.45) is 3.84. The van der Waals surface area contributed by atoms with E-state index in [1.165, 1.54) is 16.0 Å². The predicted molar refractivity (Wildman–Crippen MR) is 161 cm³/mol. The van der Waals surface area contributed by atoms with Gasteiger partial charge in [0.2, 0.25) is 0 Å². The number of piperazine rings is 2. The second kappa shape index (κ2) is 15.2. The van der Waals surface area contributed by atoms with Crippen LogP contribution in [0, 0.1) is 10.7 Å². The van der Waals surface area contributed by atoms with E-state index in [4.69, 9.17) is 22.4 Å². The largest absolute Gasteiger partial charge is 0.507 e. The van der Waals surface area contributed by atoms with Crippen molar-refractivity contribution < 1.29 is 15.3 Å². The molecule has 7 nitrogen and oxygen atoms in total. The van der Waals surface area contributed by atoms with E-state index in [1.54, 1.807) is 20.7 Å². The molecular weight excluding hydrogens is 537 g/mol. The van der Waals surface area contributed by atoms with Gasteiger partial charge in [-0.25, -0.2) is 0 Å².